The van der Waals surface area contributed by atoms with E-state index in [2.05, 4.69) is 30.5 Å². The molecule has 0 spiro atoms. The highest BCUT2D eigenvalue weighted by Crippen LogP contribution is 2.34. The zero-order valence-corrected chi connectivity index (χ0v) is 9.96. The largest absolute Gasteiger partial charge is 0.392 e. The van der Waals surface area contributed by atoms with Crippen LogP contribution < -0.4 is 0 Å². The maximum Gasteiger partial charge on any atom is 0.0608 e. The van der Waals surface area contributed by atoms with Crippen LogP contribution in [-0.2, 0) is 0 Å². The van der Waals surface area contributed by atoms with E-state index in [1.165, 1.54) is 23.3 Å². The Labute approximate surface area is 95.9 Å². The fourth-order valence-corrected chi connectivity index (χ4v) is 2.84. The first-order valence-electron chi connectivity index (χ1n) is 5.63. The Morgan fingerprint density at radius 1 is 1.27 bits per heavy atom. The van der Waals surface area contributed by atoms with Crippen molar-refractivity contribution in [2.24, 2.45) is 0 Å². The highest BCUT2D eigenvalue weighted by molar-refractivity contribution is 7.98. The third-order valence-electron chi connectivity index (χ3n) is 3.25. The van der Waals surface area contributed by atoms with Crippen molar-refractivity contribution >= 4 is 11.8 Å². The fourth-order valence-electron chi connectivity index (χ4n) is 2.37. The van der Waals surface area contributed by atoms with Crippen LogP contribution in [0.2, 0.25) is 0 Å². The second kappa shape index (κ2) is 5.04. The molecule has 1 aliphatic carbocycles. The van der Waals surface area contributed by atoms with Gasteiger partial charge in [0.1, 0.15) is 0 Å². The van der Waals surface area contributed by atoms with Crippen molar-refractivity contribution in [2.75, 3.05) is 6.26 Å². The molecule has 0 amide bonds. The quantitative estimate of drug-likeness (QED) is 0.774. The molecule has 1 aliphatic rings. The van der Waals surface area contributed by atoms with Crippen molar-refractivity contribution in [3.05, 3.63) is 29.8 Å². The molecule has 0 saturated heterocycles. The summed E-state index contributed by atoms with van der Waals surface area (Å²) in [6.07, 6.45) is 6.50. The lowest BCUT2D eigenvalue weighted by atomic mass is 9.82. The van der Waals surface area contributed by atoms with Gasteiger partial charge in [0.25, 0.3) is 0 Å². The predicted molar refractivity (Wildman–Crippen MR) is 65.4 cm³/mol. The van der Waals surface area contributed by atoms with Gasteiger partial charge in [-0.2, -0.15) is 0 Å². The molecule has 0 bridgehead atoms. The van der Waals surface area contributed by atoms with Crippen LogP contribution in [0.3, 0.4) is 0 Å². The van der Waals surface area contributed by atoms with Crippen LogP contribution >= 0.6 is 11.8 Å². The Morgan fingerprint density at radius 2 is 2.07 bits per heavy atom. The number of rotatable bonds is 2. The van der Waals surface area contributed by atoms with Crippen molar-refractivity contribution in [1.29, 1.82) is 0 Å². The van der Waals surface area contributed by atoms with Gasteiger partial charge >= 0.3 is 0 Å². The summed E-state index contributed by atoms with van der Waals surface area (Å²) in [7, 11) is 0. The third kappa shape index (κ3) is 2.56. The molecule has 1 saturated carbocycles. The van der Waals surface area contributed by atoms with Gasteiger partial charge in [0.05, 0.1) is 6.10 Å². The van der Waals surface area contributed by atoms with Crippen molar-refractivity contribution in [3.8, 4) is 0 Å². The lowest BCUT2D eigenvalue weighted by molar-refractivity contribution is 0.106. The topological polar surface area (TPSA) is 20.2 Å². The van der Waals surface area contributed by atoms with Gasteiger partial charge in [0.15, 0.2) is 0 Å². The third-order valence-corrected chi connectivity index (χ3v) is 3.98. The molecule has 2 rings (SSSR count). The maximum absolute atomic E-state index is 9.98. The smallest absolute Gasteiger partial charge is 0.0608 e. The standard InChI is InChI=1S/C13H18OS/c1-15-11-6-4-5-10(9-11)12-7-2-3-8-13(12)14/h4-6,9,12-14H,2-3,7-8H2,1H3. The van der Waals surface area contributed by atoms with Gasteiger partial charge in [-0.15, -0.1) is 11.8 Å². The monoisotopic (exact) mass is 222 g/mol. The summed E-state index contributed by atoms with van der Waals surface area (Å²) < 4.78 is 0. The van der Waals surface area contributed by atoms with Crippen molar-refractivity contribution in [2.45, 2.75) is 42.6 Å². The van der Waals surface area contributed by atoms with E-state index in [1.807, 2.05) is 0 Å². The molecule has 0 radical (unpaired) electrons. The molecule has 1 aromatic rings. The van der Waals surface area contributed by atoms with Crippen LogP contribution in [0.1, 0.15) is 37.2 Å². The van der Waals surface area contributed by atoms with Crippen LogP contribution in [0.5, 0.6) is 0 Å². The minimum Gasteiger partial charge on any atom is -0.392 e. The van der Waals surface area contributed by atoms with E-state index in [-0.39, 0.29) is 6.10 Å². The lowest BCUT2D eigenvalue weighted by Gasteiger charge is -2.28. The van der Waals surface area contributed by atoms with Gasteiger partial charge in [0, 0.05) is 10.8 Å². The molecule has 15 heavy (non-hydrogen) atoms. The average Bonchev–Trinajstić information content (AvgIpc) is 2.30. The van der Waals surface area contributed by atoms with E-state index in [0.717, 1.165) is 12.8 Å². The minimum absolute atomic E-state index is 0.129. The summed E-state index contributed by atoms with van der Waals surface area (Å²) >= 11 is 1.77. The Hall–Kier alpha value is -0.470. The number of aliphatic hydroxyl groups is 1. The molecule has 0 aromatic heterocycles. The van der Waals surface area contributed by atoms with Crippen molar-refractivity contribution in [3.63, 3.8) is 0 Å². The van der Waals surface area contributed by atoms with E-state index in [1.54, 1.807) is 11.8 Å². The zero-order valence-electron chi connectivity index (χ0n) is 9.15. The van der Waals surface area contributed by atoms with Crippen LogP contribution in [-0.4, -0.2) is 17.5 Å². The summed E-state index contributed by atoms with van der Waals surface area (Å²) in [5, 5.41) is 9.98. The van der Waals surface area contributed by atoms with Gasteiger partial charge in [-0.1, -0.05) is 25.0 Å². The zero-order chi connectivity index (χ0) is 10.7. The van der Waals surface area contributed by atoms with Gasteiger partial charge in [0.2, 0.25) is 0 Å². The van der Waals surface area contributed by atoms with Gasteiger partial charge in [-0.3, -0.25) is 0 Å². The van der Waals surface area contributed by atoms with E-state index < -0.39 is 0 Å². The predicted octanol–water partition coefficient (Wildman–Crippen LogP) is 3.43. The molecular formula is C13H18OS. The molecule has 2 atom stereocenters. The van der Waals surface area contributed by atoms with E-state index >= 15 is 0 Å². The van der Waals surface area contributed by atoms with Gasteiger partial charge < -0.3 is 5.11 Å². The number of thioether (sulfide) groups is 1. The Kier molecular flexibility index (Phi) is 3.71. The Balaban J connectivity index is 2.19. The van der Waals surface area contributed by atoms with Gasteiger partial charge in [-0.25, -0.2) is 0 Å². The molecule has 1 N–H and O–H groups in total. The molecule has 82 valence electrons. The molecule has 1 aromatic carbocycles. The molecule has 1 fully saturated rings. The summed E-state index contributed by atoms with van der Waals surface area (Å²) in [5.41, 5.74) is 1.31. The highest BCUT2D eigenvalue weighted by atomic mass is 32.2. The van der Waals surface area contributed by atoms with E-state index in [0.29, 0.717) is 5.92 Å². The van der Waals surface area contributed by atoms with E-state index in [4.69, 9.17) is 0 Å². The first-order valence-corrected chi connectivity index (χ1v) is 6.86. The molecule has 2 unspecified atom stereocenters. The van der Waals surface area contributed by atoms with E-state index in [9.17, 15) is 5.11 Å². The Morgan fingerprint density at radius 3 is 2.80 bits per heavy atom. The highest BCUT2D eigenvalue weighted by Gasteiger charge is 2.24. The second-order valence-corrected chi connectivity index (χ2v) is 5.11. The second-order valence-electron chi connectivity index (χ2n) is 4.23. The van der Waals surface area contributed by atoms with Crippen molar-refractivity contribution < 1.29 is 5.11 Å². The normalized spacial score (nSPS) is 26.5. The summed E-state index contributed by atoms with van der Waals surface area (Å²) in [4.78, 5) is 1.30. The molecule has 2 heteroatoms. The fraction of sp³-hybridized carbons (Fsp3) is 0.538. The van der Waals surface area contributed by atoms with Crippen LogP contribution in [0.25, 0.3) is 0 Å². The summed E-state index contributed by atoms with van der Waals surface area (Å²) in [6.45, 7) is 0. The number of hydrogen-bond donors (Lipinski definition) is 1. The molecule has 0 aliphatic heterocycles. The lowest BCUT2D eigenvalue weighted by Crippen LogP contribution is -2.22. The average molecular weight is 222 g/mol. The molecule has 0 heterocycles. The number of aliphatic hydroxyl groups excluding tert-OH is 1. The number of hydrogen-bond acceptors (Lipinski definition) is 2. The van der Waals surface area contributed by atoms with Crippen LogP contribution in [0.4, 0.5) is 0 Å². The van der Waals surface area contributed by atoms with Crippen LogP contribution in [0.15, 0.2) is 29.2 Å². The molecular weight excluding hydrogens is 204 g/mol. The SMILES string of the molecule is CSc1cccc(C2CCCCC2O)c1. The molecule has 1 nitrogen and oxygen atoms in total. The first-order chi connectivity index (χ1) is 7.31. The summed E-state index contributed by atoms with van der Waals surface area (Å²) in [6, 6.07) is 8.61. The van der Waals surface area contributed by atoms with Gasteiger partial charge in [-0.05, 0) is 36.8 Å². The number of benzene rings is 1. The minimum atomic E-state index is -0.129. The van der Waals surface area contributed by atoms with Crippen molar-refractivity contribution in [1.82, 2.24) is 0 Å². The first kappa shape index (κ1) is 11.0. The van der Waals surface area contributed by atoms with Crippen LogP contribution in [0, 0.1) is 0 Å². The summed E-state index contributed by atoms with van der Waals surface area (Å²) in [5.74, 6) is 0.367. The Bertz CT molecular complexity index is 324. The maximum atomic E-state index is 9.98.